The van der Waals surface area contributed by atoms with E-state index in [1.54, 1.807) is 6.07 Å². The molecule has 0 atom stereocenters. The SMILES string of the molecule is [B]Cc1cc(C[B])c(C[B])c(OC(=O)CS(=O)(=O)O)c1C[B]. The van der Waals surface area contributed by atoms with E-state index >= 15 is 0 Å². The zero-order chi connectivity index (χ0) is 16.9. The molecule has 0 saturated carbocycles. The Morgan fingerprint density at radius 1 is 1.00 bits per heavy atom. The standard InChI is InChI=1S/C12H12B4O5S/c13-2-7-1-8(3-14)10(5-16)12(9(7)4-15)21-11(17)6-22(18,19)20/h1H,2-6H2,(H,18,19,20). The summed E-state index contributed by atoms with van der Waals surface area (Å²) in [6.45, 7) is 0. The molecule has 0 amide bonds. The van der Waals surface area contributed by atoms with Crippen LogP contribution in [-0.2, 0) is 40.2 Å². The lowest BCUT2D eigenvalue weighted by Gasteiger charge is -2.20. The van der Waals surface area contributed by atoms with Crippen molar-refractivity contribution in [3.05, 3.63) is 28.3 Å². The molecule has 1 aromatic carbocycles. The maximum atomic E-state index is 11.7. The van der Waals surface area contributed by atoms with E-state index in [-0.39, 0.29) is 31.0 Å². The van der Waals surface area contributed by atoms with E-state index in [2.05, 4.69) is 0 Å². The summed E-state index contributed by atoms with van der Waals surface area (Å²) >= 11 is 0. The molecule has 108 valence electrons. The van der Waals surface area contributed by atoms with Gasteiger partial charge in [-0.1, -0.05) is 42.5 Å². The largest absolute Gasteiger partial charge is 0.425 e. The molecule has 0 aliphatic rings. The summed E-state index contributed by atoms with van der Waals surface area (Å²) in [5.41, 5.74) is 2.14. The maximum Gasteiger partial charge on any atom is 0.329 e. The first-order valence-corrected chi connectivity index (χ1v) is 8.00. The summed E-state index contributed by atoms with van der Waals surface area (Å²) in [7, 11) is 18.1. The van der Waals surface area contributed by atoms with Crippen molar-refractivity contribution in [3.63, 3.8) is 0 Å². The smallest absolute Gasteiger partial charge is 0.329 e. The Hall–Kier alpha value is -1.14. The first-order chi connectivity index (χ1) is 10.3. The van der Waals surface area contributed by atoms with E-state index in [0.29, 0.717) is 22.3 Å². The normalized spacial score (nSPS) is 11.3. The number of hydrogen-bond donors (Lipinski definition) is 1. The average Bonchev–Trinajstić information content (AvgIpc) is 2.43. The van der Waals surface area contributed by atoms with Crippen LogP contribution in [0.15, 0.2) is 6.07 Å². The maximum absolute atomic E-state index is 11.7. The van der Waals surface area contributed by atoms with Gasteiger partial charge in [-0.05, 0) is 11.1 Å². The summed E-state index contributed by atoms with van der Waals surface area (Å²) in [5.74, 6) is -2.27. The third kappa shape index (κ3) is 4.68. The fourth-order valence-electron chi connectivity index (χ4n) is 2.09. The molecule has 0 spiro atoms. The van der Waals surface area contributed by atoms with Crippen molar-refractivity contribution >= 4 is 47.5 Å². The summed E-state index contributed by atoms with van der Waals surface area (Å²) in [6.07, 6.45) is 0.290. The Kier molecular flexibility index (Phi) is 6.81. The molecular formula is C12H12B4O5S. The summed E-state index contributed by atoms with van der Waals surface area (Å²) in [6, 6.07) is 1.73. The molecule has 0 heterocycles. The lowest BCUT2D eigenvalue weighted by Crippen LogP contribution is -2.22. The number of ether oxygens (including phenoxy) is 1. The number of esters is 1. The quantitative estimate of drug-likeness (QED) is 0.307. The van der Waals surface area contributed by atoms with Crippen LogP contribution in [0, 0.1) is 0 Å². The monoisotopic (exact) mass is 312 g/mol. The predicted molar refractivity (Wildman–Crippen MR) is 86.3 cm³/mol. The summed E-state index contributed by atoms with van der Waals surface area (Å²) in [5, 5.41) is 0. The molecule has 1 aromatic rings. The van der Waals surface area contributed by atoms with E-state index in [0.717, 1.165) is 0 Å². The minimum absolute atomic E-state index is 0.0128. The molecular weight excluding hydrogens is 299 g/mol. The number of hydrogen-bond acceptors (Lipinski definition) is 4. The van der Waals surface area contributed by atoms with Crippen LogP contribution in [0.25, 0.3) is 0 Å². The summed E-state index contributed by atoms with van der Waals surface area (Å²) < 4.78 is 35.3. The number of carbonyl (C=O) groups is 1. The highest BCUT2D eigenvalue weighted by Gasteiger charge is 2.21. The van der Waals surface area contributed by atoms with Crippen molar-refractivity contribution in [2.45, 2.75) is 25.3 Å². The molecule has 22 heavy (non-hydrogen) atoms. The van der Waals surface area contributed by atoms with Gasteiger partial charge in [-0.25, -0.2) is 0 Å². The van der Waals surface area contributed by atoms with Crippen molar-refractivity contribution in [1.82, 2.24) is 0 Å². The second-order valence-electron chi connectivity index (χ2n) is 4.50. The molecule has 1 N–H and O–H groups in total. The Balaban J connectivity index is 3.38. The third-order valence-corrected chi connectivity index (χ3v) is 3.64. The zero-order valence-corrected chi connectivity index (χ0v) is 12.7. The highest BCUT2D eigenvalue weighted by atomic mass is 32.2. The molecule has 0 fully saturated rings. The first kappa shape index (κ1) is 18.9. The molecule has 5 nitrogen and oxygen atoms in total. The highest BCUT2D eigenvalue weighted by Crippen LogP contribution is 2.31. The summed E-state index contributed by atoms with van der Waals surface area (Å²) in [4.78, 5) is 11.7. The molecule has 1 rings (SSSR count). The van der Waals surface area contributed by atoms with Gasteiger partial charge < -0.3 is 4.74 Å². The Morgan fingerprint density at radius 3 is 1.77 bits per heavy atom. The molecule has 10 heteroatoms. The lowest BCUT2D eigenvalue weighted by molar-refractivity contribution is -0.131. The number of benzene rings is 1. The minimum Gasteiger partial charge on any atom is -0.425 e. The van der Waals surface area contributed by atoms with Crippen LogP contribution in [0.2, 0.25) is 0 Å². The van der Waals surface area contributed by atoms with Crippen LogP contribution in [0.5, 0.6) is 5.75 Å². The van der Waals surface area contributed by atoms with Crippen molar-refractivity contribution < 1.29 is 22.5 Å². The van der Waals surface area contributed by atoms with Crippen molar-refractivity contribution in [2.24, 2.45) is 0 Å². The Bertz CT molecular complexity index is 630. The van der Waals surface area contributed by atoms with Gasteiger partial charge >= 0.3 is 5.97 Å². The molecule has 8 radical (unpaired) electrons. The van der Waals surface area contributed by atoms with Gasteiger partial charge in [0.2, 0.25) is 0 Å². The Labute approximate surface area is 135 Å². The van der Waals surface area contributed by atoms with Crippen LogP contribution >= 0.6 is 0 Å². The number of rotatable bonds is 7. The topological polar surface area (TPSA) is 80.7 Å². The molecule has 0 bridgehead atoms. The predicted octanol–water partition coefficient (Wildman–Crippen LogP) is -0.846. The fraction of sp³-hybridized carbons (Fsp3) is 0.417. The van der Waals surface area contributed by atoms with Gasteiger partial charge in [0.1, 0.15) is 5.75 Å². The van der Waals surface area contributed by atoms with Gasteiger partial charge in [0.25, 0.3) is 10.1 Å². The lowest BCUT2D eigenvalue weighted by atomic mass is 9.78. The number of carbonyl (C=O) groups excluding carboxylic acids is 1. The molecule has 0 aliphatic heterocycles. The van der Waals surface area contributed by atoms with Gasteiger partial charge in [-0.3, -0.25) is 9.35 Å². The van der Waals surface area contributed by atoms with E-state index in [1.165, 1.54) is 0 Å². The Morgan fingerprint density at radius 2 is 1.45 bits per heavy atom. The van der Waals surface area contributed by atoms with Crippen LogP contribution in [0.4, 0.5) is 0 Å². The molecule has 0 aromatic heterocycles. The van der Waals surface area contributed by atoms with Gasteiger partial charge in [0, 0.05) is 0 Å². The van der Waals surface area contributed by atoms with E-state index in [1.807, 2.05) is 0 Å². The first-order valence-electron chi connectivity index (χ1n) is 6.40. The zero-order valence-electron chi connectivity index (χ0n) is 11.9. The third-order valence-electron chi connectivity index (χ3n) is 3.04. The highest BCUT2D eigenvalue weighted by molar-refractivity contribution is 7.86. The fourth-order valence-corrected chi connectivity index (χ4v) is 2.44. The van der Waals surface area contributed by atoms with Crippen molar-refractivity contribution in [1.29, 1.82) is 0 Å². The van der Waals surface area contributed by atoms with Crippen LogP contribution < -0.4 is 4.74 Å². The average molecular weight is 312 g/mol. The van der Waals surface area contributed by atoms with Crippen LogP contribution in [0.1, 0.15) is 22.3 Å². The molecule has 0 saturated heterocycles. The minimum atomic E-state index is -4.50. The molecule has 0 unspecified atom stereocenters. The van der Waals surface area contributed by atoms with Crippen LogP contribution in [0.3, 0.4) is 0 Å². The van der Waals surface area contributed by atoms with E-state index < -0.39 is 21.8 Å². The van der Waals surface area contributed by atoms with Gasteiger partial charge in [-0.15, -0.1) is 0 Å². The van der Waals surface area contributed by atoms with Gasteiger partial charge in [0.15, 0.2) is 5.75 Å². The second-order valence-corrected chi connectivity index (χ2v) is 5.95. The van der Waals surface area contributed by atoms with E-state index in [9.17, 15) is 13.2 Å². The van der Waals surface area contributed by atoms with Crippen molar-refractivity contribution in [2.75, 3.05) is 5.75 Å². The van der Waals surface area contributed by atoms with Crippen LogP contribution in [-0.4, -0.2) is 56.1 Å². The van der Waals surface area contributed by atoms with Gasteiger partial charge in [0.05, 0.1) is 31.4 Å². The van der Waals surface area contributed by atoms with Crippen molar-refractivity contribution in [3.8, 4) is 5.75 Å². The molecule has 0 aliphatic carbocycles. The van der Waals surface area contributed by atoms with E-state index in [4.69, 9.17) is 40.7 Å². The second kappa shape index (κ2) is 7.92. The van der Waals surface area contributed by atoms with Gasteiger partial charge in [-0.2, -0.15) is 8.42 Å².